The summed E-state index contributed by atoms with van der Waals surface area (Å²) in [5.41, 5.74) is 3.39. The molecule has 1 aromatic carbocycles. The predicted octanol–water partition coefficient (Wildman–Crippen LogP) is 1.85. The van der Waals surface area contributed by atoms with Gasteiger partial charge in [0.2, 0.25) is 0 Å². The Morgan fingerprint density at radius 1 is 1.29 bits per heavy atom. The molecule has 1 aliphatic heterocycles. The molecule has 1 aliphatic carbocycles. The van der Waals surface area contributed by atoms with Crippen LogP contribution >= 0.6 is 0 Å². The number of methoxy groups -OCH3 is 1. The predicted molar refractivity (Wildman–Crippen MR) is 104 cm³/mol. The van der Waals surface area contributed by atoms with Crippen molar-refractivity contribution in [3.63, 3.8) is 0 Å². The first-order chi connectivity index (χ1) is 13.7. The highest BCUT2D eigenvalue weighted by Gasteiger charge is 2.53. The normalized spacial score (nSPS) is 23.0. The lowest BCUT2D eigenvalue weighted by atomic mass is 9.72. The maximum atomic E-state index is 13.1. The second kappa shape index (κ2) is 6.68. The number of hydrogen-bond acceptors (Lipinski definition) is 5. The minimum absolute atomic E-state index is 0.0755. The summed E-state index contributed by atoms with van der Waals surface area (Å²) in [6.07, 6.45) is 6.90. The maximum Gasteiger partial charge on any atom is 0.257 e. The Hall–Kier alpha value is -2.77. The molecule has 144 valence electrons. The van der Waals surface area contributed by atoms with Gasteiger partial charge in [0.1, 0.15) is 5.56 Å². The van der Waals surface area contributed by atoms with Crippen LogP contribution in [0.3, 0.4) is 0 Å². The number of benzene rings is 1. The highest BCUT2D eigenvalue weighted by Crippen LogP contribution is 2.51. The Labute approximate surface area is 163 Å². The van der Waals surface area contributed by atoms with Crippen molar-refractivity contribution in [1.29, 1.82) is 0 Å². The summed E-state index contributed by atoms with van der Waals surface area (Å²) in [6.45, 7) is 1.90. The molecule has 2 aromatic heterocycles. The van der Waals surface area contributed by atoms with Crippen molar-refractivity contribution in [2.75, 3.05) is 20.2 Å². The number of nitrogens with one attached hydrogen (secondary N) is 2. The number of ether oxygens (including phenoxy) is 1. The molecule has 1 saturated heterocycles. The van der Waals surface area contributed by atoms with Crippen molar-refractivity contribution in [2.24, 2.45) is 0 Å². The van der Waals surface area contributed by atoms with Crippen LogP contribution in [0, 0.1) is 0 Å². The van der Waals surface area contributed by atoms with Gasteiger partial charge in [-0.25, -0.2) is 9.50 Å². The summed E-state index contributed by atoms with van der Waals surface area (Å²) in [7, 11) is 1.75. The molecule has 0 unspecified atom stereocenters. The smallest absolute Gasteiger partial charge is 0.257 e. The Balaban J connectivity index is 1.53. The molecule has 3 heterocycles. The molecule has 1 amide bonds. The molecule has 7 nitrogen and oxygen atoms in total. The lowest BCUT2D eigenvalue weighted by Crippen LogP contribution is -2.49. The van der Waals surface area contributed by atoms with Crippen LogP contribution in [0.5, 0.6) is 0 Å². The molecule has 3 aromatic rings. The van der Waals surface area contributed by atoms with Crippen LogP contribution in [0.25, 0.3) is 5.65 Å². The third-order valence-corrected chi connectivity index (χ3v) is 6.24. The average Bonchev–Trinajstić information content (AvgIpc) is 3.27. The molecule has 0 radical (unpaired) electrons. The van der Waals surface area contributed by atoms with Gasteiger partial charge in [0.15, 0.2) is 5.65 Å². The number of carbonyl (C=O) groups is 1. The summed E-state index contributed by atoms with van der Waals surface area (Å²) >= 11 is 0. The number of nitrogens with zero attached hydrogens (tertiary/aromatic N) is 3. The summed E-state index contributed by atoms with van der Waals surface area (Å²) in [4.78, 5) is 17.4. The van der Waals surface area contributed by atoms with Gasteiger partial charge in [-0.1, -0.05) is 24.3 Å². The van der Waals surface area contributed by atoms with E-state index in [2.05, 4.69) is 38.9 Å². The van der Waals surface area contributed by atoms with Crippen molar-refractivity contribution in [2.45, 2.75) is 30.4 Å². The van der Waals surface area contributed by atoms with Gasteiger partial charge in [-0.15, -0.1) is 0 Å². The first kappa shape index (κ1) is 17.3. The van der Waals surface area contributed by atoms with Gasteiger partial charge in [-0.05, 0) is 43.1 Å². The molecular formula is C21H23N5O2. The van der Waals surface area contributed by atoms with E-state index in [0.717, 1.165) is 31.5 Å². The van der Waals surface area contributed by atoms with E-state index in [0.29, 0.717) is 11.2 Å². The first-order valence-corrected chi connectivity index (χ1v) is 9.67. The molecule has 28 heavy (non-hydrogen) atoms. The van der Waals surface area contributed by atoms with Gasteiger partial charge in [0, 0.05) is 24.9 Å². The van der Waals surface area contributed by atoms with Crippen LogP contribution < -0.4 is 10.6 Å². The number of hydrogen-bond donors (Lipinski definition) is 2. The van der Waals surface area contributed by atoms with E-state index < -0.39 is 0 Å². The molecule has 2 N–H and O–H groups in total. The topological polar surface area (TPSA) is 80.5 Å². The fourth-order valence-electron chi connectivity index (χ4n) is 5.01. The van der Waals surface area contributed by atoms with E-state index in [1.807, 2.05) is 6.07 Å². The second-order valence-electron chi connectivity index (χ2n) is 7.55. The van der Waals surface area contributed by atoms with Gasteiger partial charge in [-0.3, -0.25) is 4.79 Å². The van der Waals surface area contributed by atoms with Crippen LogP contribution in [-0.2, 0) is 10.2 Å². The molecule has 2 atom stereocenters. The van der Waals surface area contributed by atoms with Crippen molar-refractivity contribution < 1.29 is 9.53 Å². The van der Waals surface area contributed by atoms with Crippen molar-refractivity contribution in [3.8, 4) is 0 Å². The summed E-state index contributed by atoms with van der Waals surface area (Å²) in [6, 6.07) is 9.99. The van der Waals surface area contributed by atoms with Gasteiger partial charge in [0.05, 0.1) is 18.3 Å². The average molecular weight is 377 g/mol. The molecular weight excluding hydrogens is 354 g/mol. The van der Waals surface area contributed by atoms with Crippen molar-refractivity contribution >= 4 is 11.6 Å². The molecule has 1 spiro atoms. The van der Waals surface area contributed by atoms with E-state index in [9.17, 15) is 4.79 Å². The van der Waals surface area contributed by atoms with Crippen LogP contribution in [0.15, 0.2) is 48.9 Å². The van der Waals surface area contributed by atoms with Crippen LogP contribution in [0.2, 0.25) is 0 Å². The zero-order valence-electron chi connectivity index (χ0n) is 15.8. The van der Waals surface area contributed by atoms with E-state index >= 15 is 0 Å². The highest BCUT2D eigenvalue weighted by atomic mass is 16.5. The fourth-order valence-corrected chi connectivity index (χ4v) is 5.01. The lowest BCUT2D eigenvalue weighted by molar-refractivity contribution is 0.00398. The zero-order valence-corrected chi connectivity index (χ0v) is 15.8. The van der Waals surface area contributed by atoms with Crippen molar-refractivity contribution in [3.05, 3.63) is 65.6 Å². The minimum Gasteiger partial charge on any atom is -0.378 e. The van der Waals surface area contributed by atoms with E-state index in [1.54, 1.807) is 36.3 Å². The van der Waals surface area contributed by atoms with Crippen LogP contribution in [0.4, 0.5) is 0 Å². The Morgan fingerprint density at radius 3 is 2.93 bits per heavy atom. The van der Waals surface area contributed by atoms with Gasteiger partial charge in [-0.2, -0.15) is 5.10 Å². The zero-order chi connectivity index (χ0) is 19.1. The first-order valence-electron chi connectivity index (χ1n) is 9.67. The summed E-state index contributed by atoms with van der Waals surface area (Å²) < 4.78 is 7.64. The molecule has 0 bridgehead atoms. The number of piperidine rings is 1. The second-order valence-corrected chi connectivity index (χ2v) is 7.55. The summed E-state index contributed by atoms with van der Waals surface area (Å²) in [5, 5.41) is 10.9. The van der Waals surface area contributed by atoms with Crippen LogP contribution in [0.1, 0.15) is 40.4 Å². The number of aromatic nitrogens is 3. The fraction of sp³-hybridized carbons (Fsp3) is 0.381. The largest absolute Gasteiger partial charge is 0.378 e. The molecule has 1 fully saturated rings. The monoisotopic (exact) mass is 377 g/mol. The van der Waals surface area contributed by atoms with Gasteiger partial charge < -0.3 is 15.4 Å². The number of carbonyl (C=O) groups excluding carboxylic acids is 1. The number of fused-ring (bicyclic) bond motifs is 3. The summed E-state index contributed by atoms with van der Waals surface area (Å²) in [5.74, 6) is -0.179. The molecule has 2 aliphatic rings. The van der Waals surface area contributed by atoms with E-state index in [-0.39, 0.29) is 23.5 Å². The van der Waals surface area contributed by atoms with E-state index in [4.69, 9.17) is 4.74 Å². The SMILES string of the molecule is CO[C@@H]1[C@@H](NC(=O)c2cnn3cccnc23)c2ccccc2C12CCNCC2. The standard InChI is InChI=1S/C21H23N5O2/c1-28-18-17(25-20(27)15-13-24-26-12-4-9-23-19(15)26)14-5-2-3-6-16(14)21(18)7-10-22-11-8-21/h2-6,9,12-13,17-18,22H,7-8,10-11H2,1H3,(H,25,27)/t17-,18+/m0/s1. The van der Waals surface area contributed by atoms with Gasteiger partial charge in [0.25, 0.3) is 5.91 Å². The third kappa shape index (κ3) is 2.47. The Morgan fingerprint density at radius 2 is 2.11 bits per heavy atom. The maximum absolute atomic E-state index is 13.1. The van der Waals surface area contributed by atoms with Gasteiger partial charge >= 0.3 is 0 Å². The highest BCUT2D eigenvalue weighted by molar-refractivity contribution is 5.99. The number of amides is 1. The lowest BCUT2D eigenvalue weighted by Gasteiger charge is -2.40. The molecule has 7 heteroatoms. The quantitative estimate of drug-likeness (QED) is 0.728. The van der Waals surface area contributed by atoms with E-state index in [1.165, 1.54) is 5.56 Å². The Kier molecular flexibility index (Phi) is 4.14. The Bertz CT molecular complexity index is 1020. The van der Waals surface area contributed by atoms with Crippen LogP contribution in [-0.4, -0.2) is 46.8 Å². The van der Waals surface area contributed by atoms with Crippen molar-refractivity contribution in [1.82, 2.24) is 25.2 Å². The number of rotatable bonds is 3. The molecule has 5 rings (SSSR count). The third-order valence-electron chi connectivity index (χ3n) is 6.24. The minimum atomic E-state index is -0.203. The molecule has 0 saturated carbocycles.